The number of benzene rings is 2. The lowest BCUT2D eigenvalue weighted by Gasteiger charge is -2.32. The number of hydrogen-bond donors (Lipinski definition) is 2. The van der Waals surface area contributed by atoms with Crippen molar-refractivity contribution in [1.82, 2.24) is 15.2 Å². The third-order valence-electron chi connectivity index (χ3n) is 8.01. The molecule has 10 nitrogen and oxygen atoms in total. The molecular weight excluding hydrogens is 580 g/mol. The molecule has 1 atom stereocenters. The van der Waals surface area contributed by atoms with Gasteiger partial charge < -0.3 is 20.1 Å². The van der Waals surface area contributed by atoms with Crippen LogP contribution < -0.4 is 15.8 Å². The first-order chi connectivity index (χ1) is 20.8. The van der Waals surface area contributed by atoms with Crippen LogP contribution in [0.4, 0.5) is 5.69 Å². The molecule has 1 aliphatic rings. The standard InChI is InChI=1S/C33H40N4O6S/c1-7-31(38)36-14-13-27(19-36)37(8-2)30-17-26(25-11-9-24(10-12-25)20-43-44(6,41)42)16-28(23(30)5)32(39)34-18-29-21(3)15-22(4)35-33(29)40/h7,9-12,15-17,27H,1,8,13-14,18-20H2,2-6H3,(H,34,39)(H,35,40). The predicted octanol–water partition coefficient (Wildman–Crippen LogP) is 3.99. The molecule has 234 valence electrons. The van der Waals surface area contributed by atoms with Gasteiger partial charge in [-0.1, -0.05) is 30.8 Å². The van der Waals surface area contributed by atoms with Crippen molar-refractivity contribution >= 4 is 27.6 Å². The number of carbonyl (C=O) groups is 2. The highest BCUT2D eigenvalue weighted by Gasteiger charge is 2.31. The molecule has 0 spiro atoms. The number of rotatable bonds is 11. The van der Waals surface area contributed by atoms with Gasteiger partial charge in [0.2, 0.25) is 5.91 Å². The first-order valence-electron chi connectivity index (χ1n) is 14.5. The monoisotopic (exact) mass is 620 g/mol. The van der Waals surface area contributed by atoms with Crippen LogP contribution in [0.3, 0.4) is 0 Å². The Morgan fingerprint density at radius 1 is 1.14 bits per heavy atom. The van der Waals surface area contributed by atoms with Gasteiger partial charge in [-0.05, 0) is 86.2 Å². The molecule has 2 heterocycles. The van der Waals surface area contributed by atoms with E-state index in [2.05, 4.69) is 21.8 Å². The molecule has 0 bridgehead atoms. The lowest BCUT2D eigenvalue weighted by Crippen LogP contribution is -2.39. The maximum Gasteiger partial charge on any atom is 0.264 e. The summed E-state index contributed by atoms with van der Waals surface area (Å²) in [7, 11) is -3.58. The zero-order valence-electron chi connectivity index (χ0n) is 25.9. The summed E-state index contributed by atoms with van der Waals surface area (Å²) in [5, 5.41) is 2.94. The van der Waals surface area contributed by atoms with Crippen molar-refractivity contribution in [3.05, 3.63) is 99.0 Å². The number of nitrogens with zero attached hydrogens (tertiary/aromatic N) is 2. The molecule has 1 fully saturated rings. The highest BCUT2D eigenvalue weighted by atomic mass is 32.2. The van der Waals surface area contributed by atoms with Gasteiger partial charge in [0, 0.05) is 54.7 Å². The molecule has 1 aromatic heterocycles. The summed E-state index contributed by atoms with van der Waals surface area (Å²) in [6, 6.07) is 13.1. The van der Waals surface area contributed by atoms with Crippen molar-refractivity contribution in [1.29, 1.82) is 0 Å². The minimum absolute atomic E-state index is 0.0537. The normalized spacial score (nSPS) is 14.8. The van der Waals surface area contributed by atoms with E-state index in [0.717, 1.165) is 46.3 Å². The fraction of sp³-hybridized carbons (Fsp3) is 0.364. The number of likely N-dealkylation sites (N-methyl/N-ethyl adjacent to an activating group) is 1. The molecule has 44 heavy (non-hydrogen) atoms. The Morgan fingerprint density at radius 3 is 2.45 bits per heavy atom. The number of likely N-dealkylation sites (tertiary alicyclic amines) is 1. The van der Waals surface area contributed by atoms with E-state index in [1.165, 1.54) is 6.08 Å². The van der Waals surface area contributed by atoms with E-state index in [9.17, 15) is 22.8 Å². The summed E-state index contributed by atoms with van der Waals surface area (Å²) in [6.45, 7) is 13.1. The first kappa shape index (κ1) is 32.7. The number of amides is 2. The molecular formula is C33H40N4O6S. The van der Waals surface area contributed by atoms with E-state index in [-0.39, 0.29) is 36.6 Å². The van der Waals surface area contributed by atoms with E-state index in [0.29, 0.717) is 36.3 Å². The molecule has 2 aromatic carbocycles. The van der Waals surface area contributed by atoms with Crippen LogP contribution in [0.25, 0.3) is 11.1 Å². The molecule has 11 heteroatoms. The smallest absolute Gasteiger partial charge is 0.264 e. The van der Waals surface area contributed by atoms with Crippen molar-refractivity contribution in [2.75, 3.05) is 30.8 Å². The second-order valence-corrected chi connectivity index (χ2v) is 12.8. The SMILES string of the molecule is C=CC(=O)N1CCC(N(CC)c2cc(-c3ccc(COS(C)(=O)=O)cc3)cc(C(=O)NCc3c(C)cc(C)[nH]c3=O)c2C)C1. The van der Waals surface area contributed by atoms with Crippen LogP contribution in [0.15, 0.2) is 59.9 Å². The van der Waals surface area contributed by atoms with E-state index in [1.807, 2.05) is 58.0 Å². The Labute approximate surface area is 258 Å². The molecule has 0 saturated carbocycles. The fourth-order valence-electron chi connectivity index (χ4n) is 5.68. The van der Waals surface area contributed by atoms with Gasteiger partial charge in [0.1, 0.15) is 0 Å². The summed E-state index contributed by atoms with van der Waals surface area (Å²) in [4.78, 5) is 45.4. The number of nitrogens with one attached hydrogen (secondary N) is 2. The van der Waals surface area contributed by atoms with Gasteiger partial charge >= 0.3 is 0 Å². The zero-order chi connectivity index (χ0) is 32.2. The third-order valence-corrected chi connectivity index (χ3v) is 8.56. The minimum Gasteiger partial charge on any atom is -0.367 e. The quantitative estimate of drug-likeness (QED) is 0.245. The van der Waals surface area contributed by atoms with Crippen LogP contribution in [0.2, 0.25) is 0 Å². The fourth-order valence-corrected chi connectivity index (χ4v) is 6.03. The van der Waals surface area contributed by atoms with Crippen LogP contribution >= 0.6 is 0 Å². The van der Waals surface area contributed by atoms with Crippen LogP contribution in [0.5, 0.6) is 0 Å². The van der Waals surface area contributed by atoms with Crippen molar-refractivity contribution in [3.8, 4) is 11.1 Å². The molecule has 1 aliphatic heterocycles. The average molecular weight is 621 g/mol. The molecule has 1 saturated heterocycles. The summed E-state index contributed by atoms with van der Waals surface area (Å²) in [5.41, 5.74) is 6.28. The van der Waals surface area contributed by atoms with E-state index >= 15 is 0 Å². The number of aryl methyl sites for hydroxylation is 2. The Kier molecular flexibility index (Phi) is 10.1. The van der Waals surface area contributed by atoms with Crippen molar-refractivity contribution in [2.24, 2.45) is 0 Å². The number of aromatic amines is 1. The number of carbonyl (C=O) groups excluding carboxylic acids is 2. The number of H-pyrrole nitrogens is 1. The predicted molar refractivity (Wildman–Crippen MR) is 172 cm³/mol. The zero-order valence-corrected chi connectivity index (χ0v) is 26.7. The molecule has 1 unspecified atom stereocenters. The lowest BCUT2D eigenvalue weighted by molar-refractivity contribution is -0.125. The van der Waals surface area contributed by atoms with Crippen molar-refractivity contribution in [3.63, 3.8) is 0 Å². The van der Waals surface area contributed by atoms with Crippen molar-refractivity contribution in [2.45, 2.75) is 53.3 Å². The van der Waals surface area contributed by atoms with Gasteiger partial charge in [-0.3, -0.25) is 18.6 Å². The Morgan fingerprint density at radius 2 is 1.84 bits per heavy atom. The largest absolute Gasteiger partial charge is 0.367 e. The number of pyridine rings is 1. The second kappa shape index (κ2) is 13.6. The summed E-state index contributed by atoms with van der Waals surface area (Å²) < 4.78 is 27.8. The summed E-state index contributed by atoms with van der Waals surface area (Å²) in [5.74, 6) is -0.412. The Balaban J connectivity index is 1.72. The molecule has 3 aromatic rings. The van der Waals surface area contributed by atoms with Crippen LogP contribution in [0, 0.1) is 20.8 Å². The van der Waals surface area contributed by atoms with E-state index in [4.69, 9.17) is 4.18 Å². The number of anilines is 1. The summed E-state index contributed by atoms with van der Waals surface area (Å²) >= 11 is 0. The number of hydrogen-bond acceptors (Lipinski definition) is 7. The minimum atomic E-state index is -3.58. The van der Waals surface area contributed by atoms with Gasteiger partial charge in [0.15, 0.2) is 0 Å². The van der Waals surface area contributed by atoms with E-state index in [1.54, 1.807) is 17.0 Å². The average Bonchev–Trinajstić information content (AvgIpc) is 3.46. The Hall–Kier alpha value is -4.22. The lowest BCUT2D eigenvalue weighted by atomic mass is 9.95. The van der Waals surface area contributed by atoms with E-state index < -0.39 is 10.1 Å². The van der Waals surface area contributed by atoms with Crippen molar-refractivity contribution < 1.29 is 22.2 Å². The molecule has 2 N–H and O–H groups in total. The van der Waals surface area contributed by atoms with Crippen LogP contribution in [-0.2, 0) is 32.2 Å². The molecule has 2 amide bonds. The highest BCUT2D eigenvalue weighted by molar-refractivity contribution is 7.85. The first-order valence-corrected chi connectivity index (χ1v) is 16.4. The molecule has 0 radical (unpaired) electrons. The second-order valence-electron chi connectivity index (χ2n) is 11.2. The maximum absolute atomic E-state index is 13.7. The number of aromatic nitrogens is 1. The molecule has 4 rings (SSSR count). The van der Waals surface area contributed by atoms with Gasteiger partial charge in [-0.2, -0.15) is 8.42 Å². The molecule has 0 aliphatic carbocycles. The van der Waals surface area contributed by atoms with Gasteiger partial charge in [-0.15, -0.1) is 0 Å². The van der Waals surface area contributed by atoms with Crippen LogP contribution in [0.1, 0.15) is 51.7 Å². The summed E-state index contributed by atoms with van der Waals surface area (Å²) in [6.07, 6.45) is 3.12. The van der Waals surface area contributed by atoms with Gasteiger partial charge in [0.05, 0.1) is 12.9 Å². The van der Waals surface area contributed by atoms with Gasteiger partial charge in [0.25, 0.3) is 21.6 Å². The van der Waals surface area contributed by atoms with Gasteiger partial charge in [-0.25, -0.2) is 0 Å². The third kappa shape index (κ3) is 7.64. The topological polar surface area (TPSA) is 129 Å². The highest BCUT2D eigenvalue weighted by Crippen LogP contribution is 2.34. The van der Waals surface area contributed by atoms with Crippen LogP contribution in [-0.4, -0.2) is 62.0 Å². The maximum atomic E-state index is 13.7. The Bertz CT molecular complexity index is 1730.